The van der Waals surface area contributed by atoms with Crippen LogP contribution in [0.25, 0.3) is 0 Å². The van der Waals surface area contributed by atoms with Gasteiger partial charge in [0.1, 0.15) is 5.75 Å². The first-order chi connectivity index (χ1) is 9.99. The van der Waals surface area contributed by atoms with E-state index in [2.05, 4.69) is 21.2 Å². The number of nitrogens with one attached hydrogen (secondary N) is 1. The molecule has 0 radical (unpaired) electrons. The largest absolute Gasteiger partial charge is 0.496 e. The SMILES string of the molecule is COc1ccc(N)cc1CNC(=O)c1cc(Cl)cc(Br)c1. The van der Waals surface area contributed by atoms with Crippen LogP contribution in [0.15, 0.2) is 40.9 Å². The van der Waals surface area contributed by atoms with Crippen LogP contribution >= 0.6 is 27.5 Å². The van der Waals surface area contributed by atoms with Gasteiger partial charge in [-0.05, 0) is 36.4 Å². The highest BCUT2D eigenvalue weighted by molar-refractivity contribution is 9.10. The van der Waals surface area contributed by atoms with Crippen LogP contribution in [0.5, 0.6) is 5.75 Å². The predicted octanol–water partition coefficient (Wildman–Crippen LogP) is 3.62. The number of amides is 1. The van der Waals surface area contributed by atoms with Gasteiger partial charge in [0.05, 0.1) is 7.11 Å². The van der Waals surface area contributed by atoms with Crippen molar-refractivity contribution in [3.8, 4) is 5.75 Å². The minimum Gasteiger partial charge on any atom is -0.496 e. The number of carbonyl (C=O) groups is 1. The van der Waals surface area contributed by atoms with Gasteiger partial charge in [-0.1, -0.05) is 27.5 Å². The van der Waals surface area contributed by atoms with E-state index in [-0.39, 0.29) is 5.91 Å². The minimum absolute atomic E-state index is 0.220. The van der Waals surface area contributed by atoms with Gasteiger partial charge in [0.2, 0.25) is 0 Å². The Bertz CT molecular complexity index is 656. The van der Waals surface area contributed by atoms with Gasteiger partial charge in [0, 0.05) is 32.9 Å². The number of ether oxygens (including phenoxy) is 1. The van der Waals surface area contributed by atoms with E-state index in [1.54, 1.807) is 43.5 Å². The fraction of sp³-hybridized carbons (Fsp3) is 0.133. The fourth-order valence-electron chi connectivity index (χ4n) is 1.90. The van der Waals surface area contributed by atoms with Crippen molar-refractivity contribution in [2.45, 2.75) is 6.54 Å². The van der Waals surface area contributed by atoms with E-state index in [1.807, 2.05) is 0 Å². The summed E-state index contributed by atoms with van der Waals surface area (Å²) in [6.45, 7) is 0.317. The molecular formula is C15H14BrClN2O2. The average Bonchev–Trinajstić information content (AvgIpc) is 2.43. The summed E-state index contributed by atoms with van der Waals surface area (Å²) >= 11 is 9.24. The van der Waals surface area contributed by atoms with E-state index in [1.165, 1.54) is 0 Å². The molecule has 0 aliphatic rings. The maximum Gasteiger partial charge on any atom is 0.251 e. The van der Waals surface area contributed by atoms with Crippen LogP contribution in [0, 0.1) is 0 Å². The summed E-state index contributed by atoms with van der Waals surface area (Å²) < 4.78 is 5.99. The predicted molar refractivity (Wildman–Crippen MR) is 87.7 cm³/mol. The molecule has 21 heavy (non-hydrogen) atoms. The van der Waals surface area contributed by atoms with Crippen molar-refractivity contribution in [3.05, 3.63) is 57.0 Å². The zero-order valence-corrected chi connectivity index (χ0v) is 13.7. The topological polar surface area (TPSA) is 64.3 Å². The molecule has 1 amide bonds. The van der Waals surface area contributed by atoms with E-state index in [4.69, 9.17) is 22.1 Å². The Kier molecular flexibility index (Phi) is 5.09. The molecule has 3 N–H and O–H groups in total. The zero-order valence-electron chi connectivity index (χ0n) is 11.3. The van der Waals surface area contributed by atoms with Crippen molar-refractivity contribution in [2.24, 2.45) is 0 Å². The highest BCUT2D eigenvalue weighted by Gasteiger charge is 2.09. The number of nitrogen functional groups attached to an aromatic ring is 1. The molecule has 0 atom stereocenters. The van der Waals surface area contributed by atoms with Crippen molar-refractivity contribution in [2.75, 3.05) is 12.8 Å². The highest BCUT2D eigenvalue weighted by atomic mass is 79.9. The van der Waals surface area contributed by atoms with Crippen LogP contribution < -0.4 is 15.8 Å². The van der Waals surface area contributed by atoms with Gasteiger partial charge in [-0.15, -0.1) is 0 Å². The van der Waals surface area contributed by atoms with Crippen LogP contribution in [0.1, 0.15) is 15.9 Å². The first-order valence-electron chi connectivity index (χ1n) is 6.16. The molecule has 2 aromatic carbocycles. The molecule has 0 aliphatic carbocycles. The van der Waals surface area contributed by atoms with Crippen molar-refractivity contribution in [1.82, 2.24) is 5.32 Å². The van der Waals surface area contributed by atoms with Gasteiger partial charge in [-0.25, -0.2) is 0 Å². The monoisotopic (exact) mass is 368 g/mol. The first-order valence-corrected chi connectivity index (χ1v) is 7.33. The fourth-order valence-corrected chi connectivity index (χ4v) is 2.76. The Balaban J connectivity index is 2.12. The van der Waals surface area contributed by atoms with E-state index >= 15 is 0 Å². The van der Waals surface area contributed by atoms with E-state index in [0.717, 1.165) is 10.0 Å². The van der Waals surface area contributed by atoms with Crippen LogP contribution in [-0.4, -0.2) is 13.0 Å². The van der Waals surface area contributed by atoms with Gasteiger partial charge in [0.25, 0.3) is 5.91 Å². The molecule has 0 saturated heterocycles. The number of nitrogens with two attached hydrogens (primary N) is 1. The number of carbonyl (C=O) groups excluding carboxylic acids is 1. The number of hydrogen-bond donors (Lipinski definition) is 2. The molecule has 0 heterocycles. The maximum absolute atomic E-state index is 12.1. The number of methoxy groups -OCH3 is 1. The molecule has 110 valence electrons. The van der Waals surface area contributed by atoms with Gasteiger partial charge in [-0.2, -0.15) is 0 Å². The van der Waals surface area contributed by atoms with Crippen LogP contribution in [0.3, 0.4) is 0 Å². The lowest BCUT2D eigenvalue weighted by atomic mass is 10.1. The van der Waals surface area contributed by atoms with Gasteiger partial charge >= 0.3 is 0 Å². The van der Waals surface area contributed by atoms with Gasteiger partial charge in [-0.3, -0.25) is 4.79 Å². The number of halogens is 2. The molecule has 0 fully saturated rings. The number of hydrogen-bond acceptors (Lipinski definition) is 3. The molecule has 2 rings (SSSR count). The molecule has 0 unspecified atom stereocenters. The van der Waals surface area contributed by atoms with Crippen molar-refractivity contribution in [3.63, 3.8) is 0 Å². The van der Waals surface area contributed by atoms with Crippen LogP contribution in [0.2, 0.25) is 5.02 Å². The second-order valence-electron chi connectivity index (χ2n) is 4.41. The van der Waals surface area contributed by atoms with Crippen molar-refractivity contribution in [1.29, 1.82) is 0 Å². The molecule has 0 spiro atoms. The Hall–Kier alpha value is -1.72. The third-order valence-electron chi connectivity index (χ3n) is 2.87. The van der Waals surface area contributed by atoms with E-state index in [0.29, 0.717) is 28.6 Å². The molecule has 6 heteroatoms. The second kappa shape index (κ2) is 6.83. The molecule has 0 aliphatic heterocycles. The lowest BCUT2D eigenvalue weighted by Gasteiger charge is -2.11. The smallest absolute Gasteiger partial charge is 0.251 e. The molecular weight excluding hydrogens is 356 g/mol. The average molecular weight is 370 g/mol. The normalized spacial score (nSPS) is 10.2. The summed E-state index contributed by atoms with van der Waals surface area (Å²) in [5.74, 6) is 0.458. The summed E-state index contributed by atoms with van der Waals surface area (Å²) in [5.41, 5.74) is 7.66. The lowest BCUT2D eigenvalue weighted by molar-refractivity contribution is 0.0950. The Morgan fingerprint density at radius 1 is 1.33 bits per heavy atom. The van der Waals surface area contributed by atoms with Gasteiger partial charge in [0.15, 0.2) is 0 Å². The van der Waals surface area contributed by atoms with E-state index < -0.39 is 0 Å². The quantitative estimate of drug-likeness (QED) is 0.809. The summed E-state index contributed by atoms with van der Waals surface area (Å²) in [6.07, 6.45) is 0. The van der Waals surface area contributed by atoms with Crippen LogP contribution in [-0.2, 0) is 6.54 Å². The summed E-state index contributed by atoms with van der Waals surface area (Å²) in [5, 5.41) is 3.31. The molecule has 0 aromatic heterocycles. The van der Waals surface area contributed by atoms with Crippen molar-refractivity contribution < 1.29 is 9.53 Å². The molecule has 2 aromatic rings. The zero-order chi connectivity index (χ0) is 15.4. The van der Waals surface area contributed by atoms with E-state index in [9.17, 15) is 4.79 Å². The second-order valence-corrected chi connectivity index (χ2v) is 5.76. The standard InChI is InChI=1S/C15H14BrClN2O2/c1-21-14-3-2-13(18)6-10(14)8-19-15(20)9-4-11(16)7-12(17)5-9/h2-7H,8,18H2,1H3,(H,19,20). The maximum atomic E-state index is 12.1. The number of benzene rings is 2. The highest BCUT2D eigenvalue weighted by Crippen LogP contribution is 2.22. The number of anilines is 1. The lowest BCUT2D eigenvalue weighted by Crippen LogP contribution is -2.23. The molecule has 4 nitrogen and oxygen atoms in total. The van der Waals surface area contributed by atoms with Crippen LogP contribution in [0.4, 0.5) is 5.69 Å². The third-order valence-corrected chi connectivity index (χ3v) is 3.54. The number of rotatable bonds is 4. The third kappa shape index (κ3) is 4.12. The van der Waals surface area contributed by atoms with Crippen molar-refractivity contribution >= 4 is 39.1 Å². The van der Waals surface area contributed by atoms with Gasteiger partial charge < -0.3 is 15.8 Å². The first kappa shape index (κ1) is 15.7. The Morgan fingerprint density at radius 2 is 2.10 bits per heavy atom. The summed E-state index contributed by atoms with van der Waals surface area (Å²) in [7, 11) is 1.57. The summed E-state index contributed by atoms with van der Waals surface area (Å²) in [6, 6.07) is 10.3. The summed E-state index contributed by atoms with van der Waals surface area (Å²) in [4.78, 5) is 12.1. The Morgan fingerprint density at radius 3 is 2.76 bits per heavy atom. The minimum atomic E-state index is -0.220. The Labute approximate surface area is 136 Å². The molecule has 0 bridgehead atoms. The molecule has 0 saturated carbocycles.